The average Bonchev–Trinajstić information content (AvgIpc) is 2.45. The average molecular weight is 254 g/mol. The van der Waals surface area contributed by atoms with E-state index in [0.29, 0.717) is 6.42 Å². The third kappa shape index (κ3) is 4.28. The standard InChI is InChI=1S/C16H18N2O/c1-13(19)9-15(16-10-17-12-18-11-16)8-7-14-5-3-2-4-6-14/h2-6,10-12,15H,7-9H2,1H3. The summed E-state index contributed by atoms with van der Waals surface area (Å²) in [6.45, 7) is 1.64. The lowest BCUT2D eigenvalue weighted by molar-refractivity contribution is -0.117. The molecule has 0 amide bonds. The van der Waals surface area contributed by atoms with E-state index >= 15 is 0 Å². The zero-order valence-corrected chi connectivity index (χ0v) is 11.1. The van der Waals surface area contributed by atoms with Crippen molar-refractivity contribution < 1.29 is 4.79 Å². The Morgan fingerprint density at radius 3 is 2.47 bits per heavy atom. The number of aromatic nitrogens is 2. The Labute approximate surface area is 113 Å². The number of benzene rings is 1. The van der Waals surface area contributed by atoms with Gasteiger partial charge >= 0.3 is 0 Å². The lowest BCUT2D eigenvalue weighted by Gasteiger charge is -2.15. The molecule has 0 bridgehead atoms. The van der Waals surface area contributed by atoms with Crippen LogP contribution in [0.4, 0.5) is 0 Å². The normalized spacial score (nSPS) is 12.1. The minimum absolute atomic E-state index is 0.207. The number of aryl methyl sites for hydroxylation is 1. The molecule has 0 saturated carbocycles. The monoisotopic (exact) mass is 254 g/mol. The van der Waals surface area contributed by atoms with Crippen LogP contribution < -0.4 is 0 Å². The Morgan fingerprint density at radius 2 is 1.84 bits per heavy atom. The van der Waals surface area contributed by atoms with Gasteiger partial charge in [-0.05, 0) is 36.8 Å². The molecule has 0 radical (unpaired) electrons. The quantitative estimate of drug-likeness (QED) is 0.795. The smallest absolute Gasteiger partial charge is 0.130 e. The van der Waals surface area contributed by atoms with Crippen molar-refractivity contribution in [2.45, 2.75) is 32.1 Å². The van der Waals surface area contributed by atoms with E-state index in [9.17, 15) is 4.79 Å². The van der Waals surface area contributed by atoms with Crippen molar-refractivity contribution in [3.63, 3.8) is 0 Å². The van der Waals surface area contributed by atoms with Gasteiger partial charge in [-0.1, -0.05) is 30.3 Å². The highest BCUT2D eigenvalue weighted by atomic mass is 16.1. The highest BCUT2D eigenvalue weighted by molar-refractivity contribution is 5.76. The molecule has 98 valence electrons. The van der Waals surface area contributed by atoms with E-state index in [4.69, 9.17) is 0 Å². The summed E-state index contributed by atoms with van der Waals surface area (Å²) in [7, 11) is 0. The second kappa shape index (κ2) is 6.78. The van der Waals surface area contributed by atoms with E-state index in [1.165, 1.54) is 11.9 Å². The van der Waals surface area contributed by atoms with Crippen LogP contribution in [0.25, 0.3) is 0 Å². The fourth-order valence-electron chi connectivity index (χ4n) is 2.24. The van der Waals surface area contributed by atoms with E-state index in [-0.39, 0.29) is 11.7 Å². The van der Waals surface area contributed by atoms with Crippen molar-refractivity contribution in [3.8, 4) is 0 Å². The largest absolute Gasteiger partial charge is 0.300 e. The van der Waals surface area contributed by atoms with Gasteiger partial charge in [0.25, 0.3) is 0 Å². The van der Waals surface area contributed by atoms with Crippen LogP contribution in [-0.4, -0.2) is 15.8 Å². The third-order valence-electron chi connectivity index (χ3n) is 3.21. The molecule has 3 nitrogen and oxygen atoms in total. The molecule has 1 aromatic carbocycles. The lowest BCUT2D eigenvalue weighted by atomic mass is 9.90. The first-order chi connectivity index (χ1) is 9.25. The molecular formula is C16H18N2O. The summed E-state index contributed by atoms with van der Waals surface area (Å²) in [5.74, 6) is 0.417. The molecule has 1 unspecified atom stereocenters. The summed E-state index contributed by atoms with van der Waals surface area (Å²) in [6.07, 6.45) is 7.60. The molecule has 1 heterocycles. The molecule has 0 aliphatic heterocycles. The molecular weight excluding hydrogens is 236 g/mol. The molecule has 3 heteroatoms. The Hall–Kier alpha value is -2.03. The summed E-state index contributed by atoms with van der Waals surface area (Å²) in [6, 6.07) is 10.3. The fraction of sp³-hybridized carbons (Fsp3) is 0.312. The molecule has 2 rings (SSSR count). The highest BCUT2D eigenvalue weighted by Gasteiger charge is 2.14. The van der Waals surface area contributed by atoms with E-state index in [1.54, 1.807) is 6.92 Å². The zero-order chi connectivity index (χ0) is 13.5. The van der Waals surface area contributed by atoms with Crippen LogP contribution in [0.5, 0.6) is 0 Å². The predicted molar refractivity (Wildman–Crippen MR) is 74.8 cm³/mol. The Bertz CT molecular complexity index is 511. The zero-order valence-electron chi connectivity index (χ0n) is 11.1. The van der Waals surface area contributed by atoms with Crippen LogP contribution in [0.2, 0.25) is 0 Å². The van der Waals surface area contributed by atoms with Gasteiger partial charge in [0.2, 0.25) is 0 Å². The van der Waals surface area contributed by atoms with Crippen LogP contribution >= 0.6 is 0 Å². The van der Waals surface area contributed by atoms with Crippen LogP contribution in [-0.2, 0) is 11.2 Å². The second-order valence-corrected chi connectivity index (χ2v) is 4.80. The van der Waals surface area contributed by atoms with E-state index in [2.05, 4.69) is 22.1 Å². The van der Waals surface area contributed by atoms with Crippen LogP contribution in [0, 0.1) is 0 Å². The molecule has 0 fully saturated rings. The Morgan fingerprint density at radius 1 is 1.16 bits per heavy atom. The first-order valence-corrected chi connectivity index (χ1v) is 6.54. The number of Topliss-reactive ketones (excluding diaryl/α,β-unsaturated/α-hetero) is 1. The number of rotatable bonds is 6. The second-order valence-electron chi connectivity index (χ2n) is 4.80. The van der Waals surface area contributed by atoms with Gasteiger partial charge in [0.05, 0.1) is 0 Å². The number of carbonyl (C=O) groups excluding carboxylic acids is 1. The number of carbonyl (C=O) groups is 1. The fourth-order valence-corrected chi connectivity index (χ4v) is 2.24. The van der Waals surface area contributed by atoms with Gasteiger partial charge in [0, 0.05) is 18.8 Å². The number of nitrogens with zero attached hydrogens (tertiary/aromatic N) is 2. The first-order valence-electron chi connectivity index (χ1n) is 6.54. The van der Waals surface area contributed by atoms with Gasteiger partial charge in [-0.2, -0.15) is 0 Å². The topological polar surface area (TPSA) is 42.9 Å². The summed E-state index contributed by atoms with van der Waals surface area (Å²) >= 11 is 0. The maximum absolute atomic E-state index is 11.4. The molecule has 19 heavy (non-hydrogen) atoms. The van der Waals surface area contributed by atoms with Gasteiger partial charge in [0.15, 0.2) is 0 Å². The molecule has 0 aliphatic rings. The van der Waals surface area contributed by atoms with Crippen molar-refractivity contribution in [2.75, 3.05) is 0 Å². The van der Waals surface area contributed by atoms with Crippen molar-refractivity contribution in [1.29, 1.82) is 0 Å². The summed E-state index contributed by atoms with van der Waals surface area (Å²) in [4.78, 5) is 19.5. The van der Waals surface area contributed by atoms with Gasteiger partial charge in [-0.3, -0.25) is 0 Å². The van der Waals surface area contributed by atoms with E-state index in [0.717, 1.165) is 18.4 Å². The van der Waals surface area contributed by atoms with Gasteiger partial charge in [-0.15, -0.1) is 0 Å². The third-order valence-corrected chi connectivity index (χ3v) is 3.21. The predicted octanol–water partition coefficient (Wildman–Crippen LogP) is 3.17. The molecule has 0 spiro atoms. The highest BCUT2D eigenvalue weighted by Crippen LogP contribution is 2.24. The van der Waals surface area contributed by atoms with Gasteiger partial charge in [0.1, 0.15) is 12.1 Å². The minimum Gasteiger partial charge on any atom is -0.300 e. The first kappa shape index (κ1) is 13.4. The number of hydrogen-bond donors (Lipinski definition) is 0. The summed E-state index contributed by atoms with van der Waals surface area (Å²) in [5.41, 5.74) is 2.35. The lowest BCUT2D eigenvalue weighted by Crippen LogP contribution is -2.07. The molecule has 0 aliphatic carbocycles. The van der Waals surface area contributed by atoms with Crippen molar-refractivity contribution in [1.82, 2.24) is 9.97 Å². The van der Waals surface area contributed by atoms with Gasteiger partial charge < -0.3 is 4.79 Å². The maximum Gasteiger partial charge on any atom is 0.130 e. The van der Waals surface area contributed by atoms with Crippen LogP contribution in [0.15, 0.2) is 49.1 Å². The van der Waals surface area contributed by atoms with Crippen LogP contribution in [0.1, 0.15) is 36.8 Å². The molecule has 1 atom stereocenters. The Balaban J connectivity index is 2.04. The van der Waals surface area contributed by atoms with E-state index < -0.39 is 0 Å². The Kier molecular flexibility index (Phi) is 4.78. The maximum atomic E-state index is 11.4. The molecule has 1 aromatic heterocycles. The summed E-state index contributed by atoms with van der Waals surface area (Å²) < 4.78 is 0. The molecule has 2 aromatic rings. The van der Waals surface area contributed by atoms with Crippen LogP contribution in [0.3, 0.4) is 0 Å². The number of hydrogen-bond acceptors (Lipinski definition) is 3. The number of ketones is 1. The van der Waals surface area contributed by atoms with Gasteiger partial charge in [-0.25, -0.2) is 9.97 Å². The SMILES string of the molecule is CC(=O)CC(CCc1ccccc1)c1cncnc1. The minimum atomic E-state index is 0.207. The summed E-state index contributed by atoms with van der Waals surface area (Å²) in [5, 5.41) is 0. The van der Waals surface area contributed by atoms with E-state index in [1.807, 2.05) is 30.6 Å². The molecule has 0 saturated heterocycles. The van der Waals surface area contributed by atoms with Crippen molar-refractivity contribution in [2.24, 2.45) is 0 Å². The van der Waals surface area contributed by atoms with Crippen molar-refractivity contribution in [3.05, 3.63) is 60.2 Å². The molecule has 0 N–H and O–H groups in total. The van der Waals surface area contributed by atoms with Crippen molar-refractivity contribution >= 4 is 5.78 Å².